The van der Waals surface area contributed by atoms with Crippen molar-refractivity contribution >= 4 is 29.8 Å². The van der Waals surface area contributed by atoms with Crippen LogP contribution in [-0.2, 0) is 19.2 Å². The Bertz CT molecular complexity index is 776. The van der Waals surface area contributed by atoms with Crippen LogP contribution in [0.4, 0.5) is 5.69 Å². The molecule has 0 saturated carbocycles. The Labute approximate surface area is 175 Å². The number of rotatable bonds is 7. The molecular formula is C20H27N5O5. The van der Waals surface area contributed by atoms with Crippen LogP contribution in [0, 0.1) is 0 Å². The van der Waals surface area contributed by atoms with Gasteiger partial charge >= 0.3 is 0 Å². The van der Waals surface area contributed by atoms with Gasteiger partial charge in [-0.15, -0.1) is 0 Å². The molecule has 1 aromatic rings. The summed E-state index contributed by atoms with van der Waals surface area (Å²) in [5.74, 6) is -0.193. The van der Waals surface area contributed by atoms with Gasteiger partial charge in [0.2, 0.25) is 24.1 Å². The molecule has 162 valence electrons. The molecule has 2 aliphatic rings. The monoisotopic (exact) mass is 417 g/mol. The Morgan fingerprint density at radius 2 is 1.87 bits per heavy atom. The SMILES string of the molecule is COc1ccc(NC(=O)C[C@@H]2C(=O)NCCN2C(=O)CN2CCN(C=O)CC2)cc1. The smallest absolute Gasteiger partial charge is 0.243 e. The van der Waals surface area contributed by atoms with Gasteiger partial charge in [0.1, 0.15) is 11.8 Å². The van der Waals surface area contributed by atoms with Crippen LogP contribution in [0.2, 0.25) is 0 Å². The summed E-state index contributed by atoms with van der Waals surface area (Å²) in [6.45, 7) is 3.24. The number of methoxy groups -OCH3 is 1. The minimum absolute atomic E-state index is 0.122. The number of anilines is 1. The lowest BCUT2D eigenvalue weighted by Crippen LogP contribution is -2.60. The summed E-state index contributed by atoms with van der Waals surface area (Å²) >= 11 is 0. The second kappa shape index (κ2) is 10.1. The van der Waals surface area contributed by atoms with E-state index >= 15 is 0 Å². The van der Waals surface area contributed by atoms with Crippen LogP contribution in [0.3, 0.4) is 0 Å². The molecule has 2 fully saturated rings. The number of carbonyl (C=O) groups is 4. The average Bonchev–Trinajstić information content (AvgIpc) is 2.76. The highest BCUT2D eigenvalue weighted by Crippen LogP contribution is 2.17. The van der Waals surface area contributed by atoms with Crippen LogP contribution in [0.15, 0.2) is 24.3 Å². The highest BCUT2D eigenvalue weighted by Gasteiger charge is 2.35. The quantitative estimate of drug-likeness (QED) is 0.558. The molecular weight excluding hydrogens is 390 g/mol. The first-order valence-corrected chi connectivity index (χ1v) is 9.93. The van der Waals surface area contributed by atoms with Gasteiger partial charge in [0.15, 0.2) is 0 Å². The lowest BCUT2D eigenvalue weighted by Gasteiger charge is -2.37. The molecule has 0 radical (unpaired) electrons. The highest BCUT2D eigenvalue weighted by atomic mass is 16.5. The van der Waals surface area contributed by atoms with Crippen molar-refractivity contribution in [3.8, 4) is 5.75 Å². The molecule has 0 unspecified atom stereocenters. The number of piperazine rings is 2. The zero-order valence-corrected chi connectivity index (χ0v) is 17.0. The maximum Gasteiger partial charge on any atom is 0.243 e. The van der Waals surface area contributed by atoms with Crippen molar-refractivity contribution in [1.29, 1.82) is 0 Å². The Morgan fingerprint density at radius 1 is 1.17 bits per heavy atom. The van der Waals surface area contributed by atoms with Crippen molar-refractivity contribution < 1.29 is 23.9 Å². The molecule has 0 spiro atoms. The topological polar surface area (TPSA) is 111 Å². The van der Waals surface area contributed by atoms with E-state index in [4.69, 9.17) is 4.74 Å². The van der Waals surface area contributed by atoms with Gasteiger partial charge in [-0.1, -0.05) is 0 Å². The lowest BCUT2D eigenvalue weighted by atomic mass is 10.1. The van der Waals surface area contributed by atoms with Crippen molar-refractivity contribution in [3.63, 3.8) is 0 Å². The van der Waals surface area contributed by atoms with Gasteiger partial charge in [-0.25, -0.2) is 0 Å². The molecule has 3 rings (SSSR count). The Morgan fingerprint density at radius 3 is 2.50 bits per heavy atom. The summed E-state index contributed by atoms with van der Waals surface area (Å²) in [6, 6.07) is 6.02. The minimum Gasteiger partial charge on any atom is -0.497 e. The van der Waals surface area contributed by atoms with E-state index in [1.165, 1.54) is 4.90 Å². The van der Waals surface area contributed by atoms with Crippen molar-refractivity contribution in [2.75, 3.05) is 58.2 Å². The van der Waals surface area contributed by atoms with E-state index in [0.29, 0.717) is 50.7 Å². The molecule has 2 heterocycles. The third-order valence-corrected chi connectivity index (χ3v) is 5.32. The third-order valence-electron chi connectivity index (χ3n) is 5.32. The van der Waals surface area contributed by atoms with Crippen LogP contribution >= 0.6 is 0 Å². The summed E-state index contributed by atoms with van der Waals surface area (Å²) in [5, 5.41) is 5.48. The number of hydrogen-bond donors (Lipinski definition) is 2. The fourth-order valence-electron chi connectivity index (χ4n) is 3.59. The van der Waals surface area contributed by atoms with Crippen LogP contribution < -0.4 is 15.4 Å². The van der Waals surface area contributed by atoms with Gasteiger partial charge in [0, 0.05) is 45.0 Å². The van der Waals surface area contributed by atoms with Gasteiger partial charge in [0.05, 0.1) is 20.1 Å². The molecule has 1 aromatic carbocycles. The largest absolute Gasteiger partial charge is 0.497 e. The fraction of sp³-hybridized carbons (Fsp3) is 0.500. The van der Waals surface area contributed by atoms with E-state index < -0.39 is 6.04 Å². The van der Waals surface area contributed by atoms with Gasteiger partial charge in [-0.3, -0.25) is 24.1 Å². The molecule has 2 saturated heterocycles. The van der Waals surface area contributed by atoms with Gasteiger partial charge in [-0.2, -0.15) is 0 Å². The summed E-state index contributed by atoms with van der Waals surface area (Å²) in [4.78, 5) is 53.7. The van der Waals surface area contributed by atoms with Crippen molar-refractivity contribution in [2.24, 2.45) is 0 Å². The van der Waals surface area contributed by atoms with Crippen molar-refractivity contribution in [2.45, 2.75) is 12.5 Å². The standard InChI is InChI=1S/C20H27N5O5/c1-30-16-4-2-15(3-5-16)22-18(27)12-17-20(29)21-6-7-25(17)19(28)13-23-8-10-24(14-26)11-9-23/h2-5,14,17H,6-13H2,1H3,(H,21,29)(H,22,27)/t17-/m1/s1. The predicted molar refractivity (Wildman–Crippen MR) is 109 cm³/mol. The Kier molecular flexibility index (Phi) is 7.23. The molecule has 0 aromatic heterocycles. The van der Waals surface area contributed by atoms with Crippen LogP contribution in [0.1, 0.15) is 6.42 Å². The van der Waals surface area contributed by atoms with E-state index in [0.717, 1.165) is 6.41 Å². The summed E-state index contributed by atoms with van der Waals surface area (Å²) in [7, 11) is 1.56. The van der Waals surface area contributed by atoms with E-state index in [1.54, 1.807) is 36.3 Å². The van der Waals surface area contributed by atoms with E-state index in [1.807, 2.05) is 4.90 Å². The fourth-order valence-corrected chi connectivity index (χ4v) is 3.59. The van der Waals surface area contributed by atoms with Crippen LogP contribution in [0.25, 0.3) is 0 Å². The number of amides is 4. The molecule has 0 aliphatic carbocycles. The third kappa shape index (κ3) is 5.47. The minimum atomic E-state index is -0.847. The zero-order chi connectivity index (χ0) is 21.5. The van der Waals surface area contributed by atoms with E-state index in [-0.39, 0.29) is 30.7 Å². The first kappa shape index (κ1) is 21.6. The molecule has 30 heavy (non-hydrogen) atoms. The number of ether oxygens (including phenoxy) is 1. The summed E-state index contributed by atoms with van der Waals surface area (Å²) in [6.07, 6.45) is 0.689. The number of carbonyl (C=O) groups excluding carboxylic acids is 4. The van der Waals surface area contributed by atoms with Crippen molar-refractivity contribution in [3.05, 3.63) is 24.3 Å². The van der Waals surface area contributed by atoms with Gasteiger partial charge in [0.25, 0.3) is 0 Å². The molecule has 0 bridgehead atoms. The Balaban J connectivity index is 1.58. The number of nitrogens with zero attached hydrogens (tertiary/aromatic N) is 3. The normalized spacial score (nSPS) is 19.8. The first-order chi connectivity index (χ1) is 14.5. The first-order valence-electron chi connectivity index (χ1n) is 9.93. The maximum absolute atomic E-state index is 12.9. The summed E-state index contributed by atoms with van der Waals surface area (Å²) in [5.41, 5.74) is 0.586. The maximum atomic E-state index is 12.9. The highest BCUT2D eigenvalue weighted by molar-refractivity contribution is 5.97. The second-order valence-corrected chi connectivity index (χ2v) is 7.29. The molecule has 10 nitrogen and oxygen atoms in total. The van der Waals surface area contributed by atoms with Crippen LogP contribution in [0.5, 0.6) is 5.75 Å². The number of benzene rings is 1. The molecule has 2 aliphatic heterocycles. The molecule has 4 amide bonds. The van der Waals surface area contributed by atoms with Gasteiger partial charge in [-0.05, 0) is 24.3 Å². The Hall–Kier alpha value is -3.14. The molecule has 2 N–H and O–H groups in total. The number of hydrogen-bond acceptors (Lipinski definition) is 6. The van der Waals surface area contributed by atoms with Crippen molar-refractivity contribution in [1.82, 2.24) is 20.0 Å². The average molecular weight is 417 g/mol. The zero-order valence-electron chi connectivity index (χ0n) is 17.0. The van der Waals surface area contributed by atoms with Gasteiger partial charge < -0.3 is 25.2 Å². The van der Waals surface area contributed by atoms with E-state index in [2.05, 4.69) is 10.6 Å². The second-order valence-electron chi connectivity index (χ2n) is 7.29. The molecule has 1 atom stereocenters. The predicted octanol–water partition coefficient (Wildman–Crippen LogP) is -0.875. The van der Waals surface area contributed by atoms with Crippen LogP contribution in [-0.4, -0.2) is 97.8 Å². The number of nitrogens with one attached hydrogen (secondary N) is 2. The summed E-state index contributed by atoms with van der Waals surface area (Å²) < 4.78 is 5.09. The van der Waals surface area contributed by atoms with E-state index in [9.17, 15) is 19.2 Å². The molecule has 10 heteroatoms. The lowest BCUT2D eigenvalue weighted by molar-refractivity contribution is -0.145.